The van der Waals surface area contributed by atoms with E-state index in [1.165, 1.54) is 0 Å². The summed E-state index contributed by atoms with van der Waals surface area (Å²) in [6.45, 7) is 2.90. The smallest absolute Gasteiger partial charge is 0.433 e. The van der Waals surface area contributed by atoms with Crippen molar-refractivity contribution in [3.63, 3.8) is 0 Å². The molecule has 0 amide bonds. The van der Waals surface area contributed by atoms with E-state index in [2.05, 4.69) is 20.6 Å². The lowest BCUT2D eigenvalue weighted by Crippen LogP contribution is -2.38. The van der Waals surface area contributed by atoms with Gasteiger partial charge in [-0.15, -0.1) is 0 Å². The van der Waals surface area contributed by atoms with Crippen LogP contribution in [0.3, 0.4) is 0 Å². The van der Waals surface area contributed by atoms with Crippen LogP contribution < -0.4 is 15.5 Å². The zero-order chi connectivity index (χ0) is 23.4. The lowest BCUT2D eigenvalue weighted by Gasteiger charge is -2.34. The average Bonchev–Trinajstić information content (AvgIpc) is 3.27. The molecule has 1 atom stereocenters. The molecule has 2 aromatic heterocycles. The number of piperidine rings is 1. The average molecular weight is 476 g/mol. The van der Waals surface area contributed by atoms with Crippen molar-refractivity contribution in [1.82, 2.24) is 15.3 Å². The van der Waals surface area contributed by atoms with Gasteiger partial charge in [0.1, 0.15) is 17.3 Å². The lowest BCUT2D eigenvalue weighted by molar-refractivity contribution is -0.141. The third-order valence-electron chi connectivity index (χ3n) is 5.47. The van der Waals surface area contributed by atoms with Crippen molar-refractivity contribution in [2.45, 2.75) is 44.9 Å². The van der Waals surface area contributed by atoms with Gasteiger partial charge in [-0.3, -0.25) is 0 Å². The molecule has 1 saturated heterocycles. The summed E-state index contributed by atoms with van der Waals surface area (Å²) < 4.78 is 46.2. The number of rotatable bonds is 5. The summed E-state index contributed by atoms with van der Waals surface area (Å²) in [7, 11) is 0. The summed E-state index contributed by atoms with van der Waals surface area (Å²) in [5, 5.41) is 5.72. The molecule has 3 heterocycles. The molecule has 6 nitrogen and oxygen atoms in total. The third-order valence-corrected chi connectivity index (χ3v) is 5.72. The number of alkyl halides is 3. The Labute approximate surface area is 195 Å². The van der Waals surface area contributed by atoms with Crippen LogP contribution in [0.1, 0.15) is 37.6 Å². The Morgan fingerprint density at radius 1 is 1.15 bits per heavy atom. The van der Waals surface area contributed by atoms with Crippen LogP contribution in [0.15, 0.2) is 52.9 Å². The van der Waals surface area contributed by atoms with Gasteiger partial charge >= 0.3 is 6.18 Å². The summed E-state index contributed by atoms with van der Waals surface area (Å²) in [6, 6.07) is 14.4. The second kappa shape index (κ2) is 9.78. The maximum absolute atomic E-state index is 13.5. The number of furan rings is 1. The topological polar surface area (TPSA) is 66.2 Å². The molecule has 1 aliphatic rings. The number of nitrogens with one attached hydrogen (secondary N) is 2. The number of nitrogens with zero attached hydrogens (tertiary/aromatic N) is 3. The van der Waals surface area contributed by atoms with Crippen LogP contribution >= 0.6 is 12.2 Å². The van der Waals surface area contributed by atoms with Crippen molar-refractivity contribution in [1.29, 1.82) is 0 Å². The van der Waals surface area contributed by atoms with Crippen LogP contribution in [0.4, 0.5) is 24.9 Å². The molecule has 1 fully saturated rings. The molecule has 33 heavy (non-hydrogen) atoms. The first-order valence-corrected chi connectivity index (χ1v) is 11.1. The molecule has 0 radical (unpaired) electrons. The first kappa shape index (κ1) is 23.0. The number of aromatic nitrogens is 2. The number of hydrogen-bond donors (Lipinski definition) is 2. The highest BCUT2D eigenvalue weighted by molar-refractivity contribution is 7.80. The van der Waals surface area contributed by atoms with Gasteiger partial charge in [-0.1, -0.05) is 30.3 Å². The van der Waals surface area contributed by atoms with E-state index in [1.807, 2.05) is 54.3 Å². The highest BCUT2D eigenvalue weighted by Crippen LogP contribution is 2.32. The van der Waals surface area contributed by atoms with Crippen molar-refractivity contribution in [3.05, 3.63) is 60.0 Å². The van der Waals surface area contributed by atoms with Gasteiger partial charge in [0, 0.05) is 24.2 Å². The Balaban J connectivity index is 1.45. The molecule has 2 N–H and O–H groups in total. The van der Waals surface area contributed by atoms with Gasteiger partial charge in [0.2, 0.25) is 5.95 Å². The van der Waals surface area contributed by atoms with Crippen LogP contribution in [0.2, 0.25) is 0 Å². The maximum atomic E-state index is 13.5. The maximum Gasteiger partial charge on any atom is 0.433 e. The van der Waals surface area contributed by atoms with E-state index < -0.39 is 11.9 Å². The number of anilines is 2. The van der Waals surface area contributed by atoms with Gasteiger partial charge in [0.25, 0.3) is 0 Å². The van der Waals surface area contributed by atoms with E-state index >= 15 is 0 Å². The van der Waals surface area contributed by atoms with Crippen LogP contribution in [0.25, 0.3) is 11.3 Å². The van der Waals surface area contributed by atoms with Gasteiger partial charge in [0.15, 0.2) is 10.8 Å². The SMILES string of the molecule is CC1CCCCN1c1cc(C(F)(F)F)nc(NC(=S)NCc2ccc(-c3ccccc3)o2)n1. The summed E-state index contributed by atoms with van der Waals surface area (Å²) >= 11 is 5.26. The van der Waals surface area contributed by atoms with Crippen molar-refractivity contribution >= 4 is 29.1 Å². The van der Waals surface area contributed by atoms with Crippen molar-refractivity contribution in [2.75, 3.05) is 16.8 Å². The third kappa shape index (κ3) is 5.81. The molecule has 0 aliphatic carbocycles. The van der Waals surface area contributed by atoms with Crippen LogP contribution in [-0.2, 0) is 12.7 Å². The second-order valence-corrected chi connectivity index (χ2v) is 8.32. The summed E-state index contributed by atoms with van der Waals surface area (Å²) in [5.41, 5.74) is -0.0598. The number of thiocarbonyl (C=S) groups is 1. The molecule has 174 valence electrons. The normalized spacial score (nSPS) is 16.5. The number of halogens is 3. The van der Waals surface area contributed by atoms with Gasteiger partial charge in [-0.05, 0) is 50.5 Å². The Hall–Kier alpha value is -3.14. The highest BCUT2D eigenvalue weighted by Gasteiger charge is 2.35. The molecule has 3 aromatic rings. The minimum absolute atomic E-state index is 0.102. The Morgan fingerprint density at radius 2 is 1.94 bits per heavy atom. The first-order valence-electron chi connectivity index (χ1n) is 10.7. The molecule has 0 bridgehead atoms. The van der Waals surface area contributed by atoms with E-state index in [0.29, 0.717) is 18.1 Å². The van der Waals surface area contributed by atoms with E-state index in [-0.39, 0.29) is 29.5 Å². The van der Waals surface area contributed by atoms with Crippen LogP contribution in [-0.4, -0.2) is 27.7 Å². The number of hydrogen-bond acceptors (Lipinski definition) is 5. The standard InChI is InChI=1S/C23H24F3N5OS/c1-15-7-5-6-12-31(15)20-13-19(23(24,25)26)28-21(29-20)30-22(33)27-14-17-10-11-18(32-17)16-8-3-2-4-9-16/h2-4,8-11,13,15H,5-7,12,14H2,1H3,(H2,27,28,29,30,33). The van der Waals surface area contributed by atoms with Gasteiger partial charge in [-0.25, -0.2) is 4.98 Å². The molecule has 1 unspecified atom stereocenters. The van der Waals surface area contributed by atoms with Crippen molar-refractivity contribution in [2.24, 2.45) is 0 Å². The van der Waals surface area contributed by atoms with E-state index in [4.69, 9.17) is 16.6 Å². The largest absolute Gasteiger partial charge is 0.459 e. The fraction of sp³-hybridized carbons (Fsp3) is 0.348. The summed E-state index contributed by atoms with van der Waals surface area (Å²) in [6.07, 6.45) is -1.73. The predicted molar refractivity (Wildman–Crippen MR) is 125 cm³/mol. The predicted octanol–water partition coefficient (Wildman–Crippen LogP) is 5.62. The Bertz CT molecular complexity index is 1100. The molecule has 0 spiro atoms. The second-order valence-electron chi connectivity index (χ2n) is 7.91. The fourth-order valence-electron chi connectivity index (χ4n) is 3.76. The minimum Gasteiger partial charge on any atom is -0.459 e. The monoisotopic (exact) mass is 475 g/mol. The zero-order valence-corrected chi connectivity index (χ0v) is 18.8. The molecular formula is C23H24F3N5OS. The van der Waals surface area contributed by atoms with Gasteiger partial charge < -0.3 is 20.0 Å². The van der Waals surface area contributed by atoms with Crippen molar-refractivity contribution in [3.8, 4) is 11.3 Å². The molecule has 10 heteroatoms. The lowest BCUT2D eigenvalue weighted by atomic mass is 10.0. The molecular weight excluding hydrogens is 451 g/mol. The molecule has 0 saturated carbocycles. The van der Waals surface area contributed by atoms with Gasteiger partial charge in [-0.2, -0.15) is 18.2 Å². The molecule has 1 aliphatic heterocycles. The Morgan fingerprint density at radius 3 is 2.67 bits per heavy atom. The zero-order valence-electron chi connectivity index (χ0n) is 18.0. The molecule has 4 rings (SSSR count). The van der Waals surface area contributed by atoms with E-state index in [0.717, 1.165) is 30.9 Å². The van der Waals surface area contributed by atoms with E-state index in [9.17, 15) is 13.2 Å². The quantitative estimate of drug-likeness (QED) is 0.464. The van der Waals surface area contributed by atoms with Gasteiger partial charge in [0.05, 0.1) is 6.54 Å². The van der Waals surface area contributed by atoms with Crippen LogP contribution in [0, 0.1) is 0 Å². The minimum atomic E-state index is -4.59. The van der Waals surface area contributed by atoms with Crippen molar-refractivity contribution < 1.29 is 17.6 Å². The van der Waals surface area contributed by atoms with E-state index in [1.54, 1.807) is 0 Å². The van der Waals surface area contributed by atoms with Crippen LogP contribution in [0.5, 0.6) is 0 Å². The Kier molecular flexibility index (Phi) is 6.83. The molecule has 1 aromatic carbocycles. The fourth-order valence-corrected chi connectivity index (χ4v) is 3.93. The summed E-state index contributed by atoms with van der Waals surface area (Å²) in [5.74, 6) is 1.39. The first-order chi connectivity index (χ1) is 15.8. The summed E-state index contributed by atoms with van der Waals surface area (Å²) in [4.78, 5) is 9.84. The highest BCUT2D eigenvalue weighted by atomic mass is 32.1. The number of benzene rings is 1.